The Morgan fingerprint density at radius 3 is 2.52 bits per heavy atom. The van der Waals surface area contributed by atoms with Gasteiger partial charge in [0, 0.05) is 6.92 Å². The van der Waals surface area contributed by atoms with E-state index >= 15 is 0 Å². The van der Waals surface area contributed by atoms with E-state index in [0.717, 1.165) is 0 Å². The van der Waals surface area contributed by atoms with Crippen LogP contribution in [0.15, 0.2) is 12.2 Å². The van der Waals surface area contributed by atoms with Crippen molar-refractivity contribution in [2.45, 2.75) is 58.9 Å². The van der Waals surface area contributed by atoms with Crippen molar-refractivity contribution in [3.05, 3.63) is 12.2 Å². The molecule has 0 bridgehead atoms. The van der Waals surface area contributed by atoms with Crippen LogP contribution in [0.1, 0.15) is 41.5 Å². The summed E-state index contributed by atoms with van der Waals surface area (Å²) in [5.41, 5.74) is -1.31. The molecule has 0 aromatic rings. The molecule has 1 fully saturated rings. The largest absolute Gasteiger partial charge is 0.462 e. The molecular formula is C15H25NO5. The summed E-state index contributed by atoms with van der Waals surface area (Å²) in [6.45, 7) is 11.0. The van der Waals surface area contributed by atoms with Crippen molar-refractivity contribution in [1.29, 1.82) is 0 Å². The van der Waals surface area contributed by atoms with Crippen molar-refractivity contribution in [1.82, 2.24) is 4.90 Å². The first kappa shape index (κ1) is 17.5. The molecular weight excluding hydrogens is 274 g/mol. The number of amides is 1. The zero-order valence-corrected chi connectivity index (χ0v) is 13.6. The summed E-state index contributed by atoms with van der Waals surface area (Å²) in [6, 6.07) is -0.245. The molecule has 1 atom stereocenters. The van der Waals surface area contributed by atoms with Crippen LogP contribution in [-0.2, 0) is 19.0 Å². The monoisotopic (exact) mass is 299 g/mol. The molecule has 0 aromatic heterocycles. The average Bonchev–Trinajstić information content (AvgIpc) is 2.57. The van der Waals surface area contributed by atoms with E-state index in [0.29, 0.717) is 6.61 Å². The van der Waals surface area contributed by atoms with E-state index in [1.807, 2.05) is 34.6 Å². The Balaban J connectivity index is 2.75. The second-order valence-corrected chi connectivity index (χ2v) is 6.41. The minimum Gasteiger partial charge on any atom is -0.462 e. The summed E-state index contributed by atoms with van der Waals surface area (Å²) in [7, 11) is 0. The fourth-order valence-electron chi connectivity index (χ4n) is 2.02. The first-order valence-electron chi connectivity index (χ1n) is 6.99. The van der Waals surface area contributed by atoms with Crippen molar-refractivity contribution in [2.75, 3.05) is 13.2 Å². The lowest BCUT2D eigenvalue weighted by Crippen LogP contribution is -2.49. The van der Waals surface area contributed by atoms with Gasteiger partial charge in [-0.2, -0.15) is 0 Å². The van der Waals surface area contributed by atoms with Gasteiger partial charge >= 0.3 is 12.1 Å². The van der Waals surface area contributed by atoms with E-state index in [1.54, 1.807) is 17.1 Å². The Bertz CT molecular complexity index is 422. The van der Waals surface area contributed by atoms with Crippen LogP contribution in [-0.4, -0.2) is 47.5 Å². The SMILES string of the molecule is CC(=O)OC/C=C/[C@H]1COC(C)(C)N1C(=O)OC(C)(C)C. The number of esters is 1. The van der Waals surface area contributed by atoms with Gasteiger partial charge in [0.25, 0.3) is 0 Å². The number of carbonyl (C=O) groups excluding carboxylic acids is 2. The molecule has 1 aliphatic rings. The average molecular weight is 299 g/mol. The Labute approximate surface area is 126 Å². The van der Waals surface area contributed by atoms with Gasteiger partial charge in [-0.1, -0.05) is 6.08 Å². The zero-order valence-electron chi connectivity index (χ0n) is 13.6. The smallest absolute Gasteiger partial charge is 0.413 e. The van der Waals surface area contributed by atoms with Crippen LogP contribution in [0.2, 0.25) is 0 Å². The highest BCUT2D eigenvalue weighted by molar-refractivity contribution is 5.70. The molecule has 120 valence electrons. The van der Waals surface area contributed by atoms with E-state index in [2.05, 4.69) is 0 Å². The maximum Gasteiger partial charge on any atom is 0.413 e. The molecule has 1 saturated heterocycles. The van der Waals surface area contributed by atoms with Crippen molar-refractivity contribution >= 4 is 12.1 Å². The minimum atomic E-state index is -0.737. The Morgan fingerprint density at radius 2 is 2.00 bits per heavy atom. The predicted molar refractivity (Wildman–Crippen MR) is 77.7 cm³/mol. The number of rotatable bonds is 3. The molecule has 0 radical (unpaired) electrons. The Hall–Kier alpha value is -1.56. The van der Waals surface area contributed by atoms with Crippen molar-refractivity contribution in [2.24, 2.45) is 0 Å². The van der Waals surface area contributed by atoms with Crippen LogP contribution >= 0.6 is 0 Å². The van der Waals surface area contributed by atoms with Crippen LogP contribution in [0.4, 0.5) is 4.79 Å². The van der Waals surface area contributed by atoms with Crippen LogP contribution in [0.3, 0.4) is 0 Å². The first-order chi connectivity index (χ1) is 9.53. The molecule has 1 rings (SSSR count). The van der Waals surface area contributed by atoms with Gasteiger partial charge in [0.1, 0.15) is 17.9 Å². The standard InChI is InChI=1S/C15H25NO5/c1-11(17)19-9-7-8-12-10-20-15(5,6)16(12)13(18)21-14(2,3)4/h7-8,12H,9-10H2,1-6H3/b8-7+/t12-/m0/s1. The molecule has 1 amide bonds. The third kappa shape index (κ3) is 5.38. The van der Waals surface area contributed by atoms with Gasteiger partial charge < -0.3 is 14.2 Å². The lowest BCUT2D eigenvalue weighted by atomic mass is 10.2. The third-order valence-electron chi connectivity index (χ3n) is 2.85. The van der Waals surface area contributed by atoms with Crippen LogP contribution in [0.25, 0.3) is 0 Å². The fourth-order valence-corrected chi connectivity index (χ4v) is 2.02. The van der Waals surface area contributed by atoms with Gasteiger partial charge in [-0.05, 0) is 40.7 Å². The number of nitrogens with zero attached hydrogens (tertiary/aromatic N) is 1. The van der Waals surface area contributed by atoms with Crippen molar-refractivity contribution < 1.29 is 23.8 Å². The summed E-state index contributed by atoms with van der Waals surface area (Å²) in [5, 5.41) is 0. The van der Waals surface area contributed by atoms with Gasteiger partial charge in [0.05, 0.1) is 12.6 Å². The van der Waals surface area contributed by atoms with E-state index in [4.69, 9.17) is 14.2 Å². The molecule has 21 heavy (non-hydrogen) atoms. The first-order valence-corrected chi connectivity index (χ1v) is 6.99. The van der Waals surface area contributed by atoms with E-state index in [1.165, 1.54) is 6.92 Å². The number of ether oxygens (including phenoxy) is 3. The topological polar surface area (TPSA) is 65.1 Å². The van der Waals surface area contributed by atoms with Gasteiger partial charge in [0.2, 0.25) is 0 Å². The third-order valence-corrected chi connectivity index (χ3v) is 2.85. The molecule has 0 saturated carbocycles. The molecule has 0 spiro atoms. The summed E-state index contributed by atoms with van der Waals surface area (Å²) in [4.78, 5) is 24.6. The van der Waals surface area contributed by atoms with E-state index in [-0.39, 0.29) is 18.6 Å². The molecule has 0 aliphatic carbocycles. The second kappa shape index (κ2) is 6.47. The summed E-state index contributed by atoms with van der Waals surface area (Å²) < 4.78 is 15.9. The predicted octanol–water partition coefficient (Wildman–Crippen LogP) is 2.48. The number of hydrogen-bond donors (Lipinski definition) is 0. The highest BCUT2D eigenvalue weighted by Gasteiger charge is 2.44. The molecule has 0 N–H and O–H groups in total. The van der Waals surface area contributed by atoms with E-state index in [9.17, 15) is 9.59 Å². The number of carbonyl (C=O) groups is 2. The quantitative estimate of drug-likeness (QED) is 0.591. The molecule has 1 aliphatic heterocycles. The lowest BCUT2D eigenvalue weighted by Gasteiger charge is -2.34. The normalized spacial score (nSPS) is 21.6. The van der Waals surface area contributed by atoms with Gasteiger partial charge in [-0.25, -0.2) is 4.79 Å². The Morgan fingerprint density at radius 1 is 1.38 bits per heavy atom. The molecule has 6 nitrogen and oxygen atoms in total. The van der Waals surface area contributed by atoms with Crippen molar-refractivity contribution in [3.63, 3.8) is 0 Å². The van der Waals surface area contributed by atoms with Crippen LogP contribution in [0.5, 0.6) is 0 Å². The minimum absolute atomic E-state index is 0.175. The summed E-state index contributed by atoms with van der Waals surface area (Å²) >= 11 is 0. The van der Waals surface area contributed by atoms with Crippen LogP contribution < -0.4 is 0 Å². The highest BCUT2D eigenvalue weighted by Crippen LogP contribution is 2.29. The maximum atomic E-state index is 12.3. The summed E-state index contributed by atoms with van der Waals surface area (Å²) in [5.74, 6) is -0.341. The lowest BCUT2D eigenvalue weighted by molar-refractivity contribution is -0.139. The fraction of sp³-hybridized carbons (Fsp3) is 0.733. The summed E-state index contributed by atoms with van der Waals surface area (Å²) in [6.07, 6.45) is 3.07. The molecule has 0 unspecified atom stereocenters. The highest BCUT2D eigenvalue weighted by atomic mass is 16.6. The zero-order chi connectivity index (χ0) is 16.3. The van der Waals surface area contributed by atoms with Gasteiger partial charge in [-0.15, -0.1) is 0 Å². The second-order valence-electron chi connectivity index (χ2n) is 6.41. The van der Waals surface area contributed by atoms with Gasteiger partial charge in [-0.3, -0.25) is 9.69 Å². The molecule has 1 heterocycles. The van der Waals surface area contributed by atoms with Crippen molar-refractivity contribution in [3.8, 4) is 0 Å². The molecule has 6 heteroatoms. The maximum absolute atomic E-state index is 12.3. The number of hydrogen-bond acceptors (Lipinski definition) is 5. The molecule has 0 aromatic carbocycles. The Kier molecular flexibility index (Phi) is 5.39. The van der Waals surface area contributed by atoms with Gasteiger partial charge in [0.15, 0.2) is 0 Å². The van der Waals surface area contributed by atoms with E-state index < -0.39 is 17.4 Å². The van der Waals surface area contributed by atoms with Crippen LogP contribution in [0, 0.1) is 0 Å².